The first-order chi connectivity index (χ1) is 11.6. The fourth-order valence-corrected chi connectivity index (χ4v) is 2.56. The first-order valence-corrected chi connectivity index (χ1v) is 7.98. The number of hydrogen-bond donors (Lipinski definition) is 3. The SMILES string of the molecule is C=C(C)c1ccc(C2=NC(CNc3ccccc3N)=CNC2)cc1. The first kappa shape index (κ1) is 15.9. The van der Waals surface area contributed by atoms with Gasteiger partial charge in [-0.15, -0.1) is 0 Å². The van der Waals surface area contributed by atoms with Gasteiger partial charge in [-0.1, -0.05) is 48.6 Å². The average molecular weight is 318 g/mol. The summed E-state index contributed by atoms with van der Waals surface area (Å²) in [7, 11) is 0. The predicted molar refractivity (Wildman–Crippen MR) is 103 cm³/mol. The third-order valence-corrected chi connectivity index (χ3v) is 3.95. The molecule has 0 saturated heterocycles. The minimum absolute atomic E-state index is 0.620. The Hall–Kier alpha value is -3.01. The van der Waals surface area contributed by atoms with Crippen LogP contribution >= 0.6 is 0 Å². The zero-order valence-electron chi connectivity index (χ0n) is 13.8. The largest absolute Gasteiger partial charge is 0.397 e. The summed E-state index contributed by atoms with van der Waals surface area (Å²) in [5.74, 6) is 0. The molecular weight excluding hydrogens is 296 g/mol. The fraction of sp³-hybridized carbons (Fsp3) is 0.150. The molecule has 4 nitrogen and oxygen atoms in total. The zero-order chi connectivity index (χ0) is 16.9. The lowest BCUT2D eigenvalue weighted by Crippen LogP contribution is -2.25. The molecule has 0 aromatic heterocycles. The number of aliphatic imine (C=N–C) groups is 1. The van der Waals surface area contributed by atoms with Crippen LogP contribution in [0.3, 0.4) is 0 Å². The van der Waals surface area contributed by atoms with Gasteiger partial charge in [0, 0.05) is 6.20 Å². The molecule has 24 heavy (non-hydrogen) atoms. The minimum atomic E-state index is 0.620. The van der Waals surface area contributed by atoms with Gasteiger partial charge in [0.2, 0.25) is 0 Å². The Morgan fingerprint density at radius 2 is 1.96 bits per heavy atom. The van der Waals surface area contributed by atoms with E-state index in [4.69, 9.17) is 10.7 Å². The number of nitrogen functional groups attached to an aromatic ring is 1. The van der Waals surface area contributed by atoms with Crippen LogP contribution in [0.4, 0.5) is 11.4 Å². The van der Waals surface area contributed by atoms with Crippen LogP contribution in [0.25, 0.3) is 5.57 Å². The van der Waals surface area contributed by atoms with Crippen molar-refractivity contribution in [2.75, 3.05) is 24.1 Å². The topological polar surface area (TPSA) is 62.4 Å². The molecule has 1 aliphatic heterocycles. The third kappa shape index (κ3) is 3.66. The molecule has 0 atom stereocenters. The molecule has 4 N–H and O–H groups in total. The van der Waals surface area contributed by atoms with E-state index in [1.807, 2.05) is 37.4 Å². The van der Waals surface area contributed by atoms with Crippen molar-refractivity contribution in [2.45, 2.75) is 6.92 Å². The van der Waals surface area contributed by atoms with Gasteiger partial charge in [0.15, 0.2) is 0 Å². The Morgan fingerprint density at radius 1 is 1.21 bits per heavy atom. The van der Waals surface area contributed by atoms with E-state index in [-0.39, 0.29) is 0 Å². The van der Waals surface area contributed by atoms with E-state index < -0.39 is 0 Å². The highest BCUT2D eigenvalue weighted by atomic mass is 15.0. The molecule has 0 bridgehead atoms. The summed E-state index contributed by atoms with van der Waals surface area (Å²) in [5.41, 5.74) is 12.9. The van der Waals surface area contributed by atoms with Crippen LogP contribution in [-0.2, 0) is 0 Å². The Balaban J connectivity index is 1.71. The number of allylic oxidation sites excluding steroid dienone is 1. The van der Waals surface area contributed by atoms with Crippen molar-refractivity contribution in [1.29, 1.82) is 0 Å². The van der Waals surface area contributed by atoms with Gasteiger partial charge < -0.3 is 16.4 Å². The molecule has 122 valence electrons. The number of anilines is 2. The van der Waals surface area contributed by atoms with Crippen LogP contribution in [0.15, 0.2) is 72.0 Å². The van der Waals surface area contributed by atoms with Crippen molar-refractivity contribution < 1.29 is 0 Å². The van der Waals surface area contributed by atoms with Crippen molar-refractivity contribution in [2.24, 2.45) is 4.99 Å². The van der Waals surface area contributed by atoms with Crippen molar-refractivity contribution in [3.05, 3.63) is 78.1 Å². The molecule has 0 fully saturated rings. The Morgan fingerprint density at radius 3 is 2.67 bits per heavy atom. The highest BCUT2D eigenvalue weighted by Crippen LogP contribution is 2.18. The summed E-state index contributed by atoms with van der Waals surface area (Å²) in [6.07, 6.45) is 1.94. The van der Waals surface area contributed by atoms with Gasteiger partial charge in [-0.3, -0.25) is 4.99 Å². The van der Waals surface area contributed by atoms with Crippen LogP contribution in [0.1, 0.15) is 18.1 Å². The normalized spacial score (nSPS) is 13.5. The first-order valence-electron chi connectivity index (χ1n) is 7.98. The molecular formula is C20H22N4. The highest BCUT2D eigenvalue weighted by Gasteiger charge is 2.10. The summed E-state index contributed by atoms with van der Waals surface area (Å²) in [6, 6.07) is 16.1. The van der Waals surface area contributed by atoms with E-state index in [0.717, 1.165) is 46.0 Å². The number of benzene rings is 2. The summed E-state index contributed by atoms with van der Waals surface area (Å²) < 4.78 is 0. The lowest BCUT2D eigenvalue weighted by Gasteiger charge is -2.16. The van der Waals surface area contributed by atoms with E-state index in [1.54, 1.807) is 0 Å². The molecule has 0 saturated carbocycles. The van der Waals surface area contributed by atoms with Crippen LogP contribution < -0.4 is 16.4 Å². The second kappa shape index (κ2) is 7.04. The van der Waals surface area contributed by atoms with Gasteiger partial charge in [-0.2, -0.15) is 0 Å². The summed E-state index contributed by atoms with van der Waals surface area (Å²) >= 11 is 0. The number of nitrogens with two attached hydrogens (primary N) is 1. The molecule has 3 rings (SSSR count). The second-order valence-corrected chi connectivity index (χ2v) is 5.87. The lowest BCUT2D eigenvalue weighted by molar-refractivity contribution is 0.942. The zero-order valence-corrected chi connectivity index (χ0v) is 13.8. The van der Waals surface area contributed by atoms with Crippen molar-refractivity contribution in [3.63, 3.8) is 0 Å². The number of para-hydroxylation sites is 2. The van der Waals surface area contributed by atoms with Gasteiger partial charge in [-0.05, 0) is 30.2 Å². The second-order valence-electron chi connectivity index (χ2n) is 5.87. The van der Waals surface area contributed by atoms with E-state index >= 15 is 0 Å². The highest BCUT2D eigenvalue weighted by molar-refractivity contribution is 6.03. The molecule has 0 spiro atoms. The third-order valence-electron chi connectivity index (χ3n) is 3.95. The van der Waals surface area contributed by atoms with Crippen LogP contribution in [0.2, 0.25) is 0 Å². The smallest absolute Gasteiger partial charge is 0.0755 e. The molecule has 0 unspecified atom stereocenters. The maximum atomic E-state index is 5.95. The maximum absolute atomic E-state index is 5.95. The quantitative estimate of drug-likeness (QED) is 0.737. The van der Waals surface area contributed by atoms with Crippen molar-refractivity contribution in [3.8, 4) is 0 Å². The van der Waals surface area contributed by atoms with Crippen LogP contribution in [0, 0.1) is 0 Å². The van der Waals surface area contributed by atoms with Crippen LogP contribution in [-0.4, -0.2) is 18.8 Å². The Kier molecular flexibility index (Phi) is 4.66. The summed E-state index contributed by atoms with van der Waals surface area (Å²) in [5, 5.41) is 6.62. The van der Waals surface area contributed by atoms with Gasteiger partial charge in [-0.25, -0.2) is 0 Å². The van der Waals surface area contributed by atoms with Gasteiger partial charge >= 0.3 is 0 Å². The van der Waals surface area contributed by atoms with Gasteiger partial charge in [0.1, 0.15) is 0 Å². The monoisotopic (exact) mass is 318 g/mol. The number of nitrogens with zero attached hydrogens (tertiary/aromatic N) is 1. The fourth-order valence-electron chi connectivity index (χ4n) is 2.56. The maximum Gasteiger partial charge on any atom is 0.0755 e. The molecule has 0 aliphatic carbocycles. The molecule has 0 radical (unpaired) electrons. The molecule has 1 heterocycles. The molecule has 0 amide bonds. The molecule has 1 aliphatic rings. The van der Waals surface area contributed by atoms with Crippen LogP contribution in [0.5, 0.6) is 0 Å². The summed E-state index contributed by atoms with van der Waals surface area (Å²) in [4.78, 5) is 4.76. The number of rotatable bonds is 5. The molecule has 2 aromatic carbocycles. The lowest BCUT2D eigenvalue weighted by atomic mass is 10.0. The van der Waals surface area contributed by atoms with E-state index in [0.29, 0.717) is 6.54 Å². The van der Waals surface area contributed by atoms with E-state index in [1.165, 1.54) is 0 Å². The minimum Gasteiger partial charge on any atom is -0.397 e. The Bertz CT molecular complexity index is 801. The average Bonchev–Trinajstić information content (AvgIpc) is 2.61. The molecule has 2 aromatic rings. The van der Waals surface area contributed by atoms with Gasteiger partial charge in [0.05, 0.1) is 35.9 Å². The standard InChI is InChI=1S/C20H22N4/c1-14(2)15-7-9-16(10-8-15)20-13-22-11-17(24-20)12-23-19-6-4-3-5-18(19)21/h3-11,22-23H,1,12-13,21H2,2H3. The Labute approximate surface area is 142 Å². The number of nitrogens with one attached hydrogen (secondary N) is 2. The molecule has 4 heteroatoms. The van der Waals surface area contributed by atoms with E-state index in [2.05, 4.69) is 41.5 Å². The summed E-state index contributed by atoms with van der Waals surface area (Å²) in [6.45, 7) is 7.33. The number of hydrogen-bond acceptors (Lipinski definition) is 4. The predicted octanol–water partition coefficient (Wildman–Crippen LogP) is 3.65. The van der Waals surface area contributed by atoms with E-state index in [9.17, 15) is 0 Å². The van der Waals surface area contributed by atoms with Gasteiger partial charge in [0.25, 0.3) is 0 Å². The van der Waals surface area contributed by atoms with Crippen molar-refractivity contribution >= 4 is 22.7 Å². The van der Waals surface area contributed by atoms with Crippen molar-refractivity contribution in [1.82, 2.24) is 5.32 Å².